The Hall–Kier alpha value is -2.30. The van der Waals surface area contributed by atoms with Crippen LogP contribution in [0.15, 0.2) is 36.9 Å². The standard InChI is InChI=1S/C17H22N2O3/c1-3-16(20)18-14-7-9-19(10-8-14)17(21)12-13-5-4-6-15(11-13)22-2/h3-6,11,14H,1,7-10,12H2,2H3,(H,18,20). The van der Waals surface area contributed by atoms with Crippen molar-refractivity contribution in [1.29, 1.82) is 0 Å². The summed E-state index contributed by atoms with van der Waals surface area (Å²) < 4.78 is 5.17. The van der Waals surface area contributed by atoms with Gasteiger partial charge in [0.05, 0.1) is 13.5 Å². The minimum Gasteiger partial charge on any atom is -0.497 e. The lowest BCUT2D eigenvalue weighted by Gasteiger charge is -2.32. The van der Waals surface area contributed by atoms with Crippen molar-refractivity contribution >= 4 is 11.8 Å². The van der Waals surface area contributed by atoms with Crippen molar-refractivity contribution in [2.45, 2.75) is 25.3 Å². The zero-order chi connectivity index (χ0) is 15.9. The van der Waals surface area contributed by atoms with Crippen LogP contribution in [0.4, 0.5) is 0 Å². The third-order valence-corrected chi connectivity index (χ3v) is 3.87. The number of methoxy groups -OCH3 is 1. The molecule has 1 aliphatic heterocycles. The highest BCUT2D eigenvalue weighted by Crippen LogP contribution is 2.16. The predicted molar refractivity (Wildman–Crippen MR) is 84.6 cm³/mol. The topological polar surface area (TPSA) is 58.6 Å². The molecular formula is C17H22N2O3. The fraction of sp³-hybridized carbons (Fsp3) is 0.412. The second-order valence-corrected chi connectivity index (χ2v) is 5.40. The van der Waals surface area contributed by atoms with Gasteiger partial charge in [-0.3, -0.25) is 9.59 Å². The second-order valence-electron chi connectivity index (χ2n) is 5.40. The van der Waals surface area contributed by atoms with Gasteiger partial charge in [-0.05, 0) is 36.6 Å². The number of ether oxygens (including phenoxy) is 1. The predicted octanol–water partition coefficient (Wildman–Crippen LogP) is 1.53. The van der Waals surface area contributed by atoms with Crippen LogP contribution in [-0.2, 0) is 16.0 Å². The molecule has 5 heteroatoms. The number of hydrogen-bond acceptors (Lipinski definition) is 3. The van der Waals surface area contributed by atoms with Gasteiger partial charge in [0.1, 0.15) is 5.75 Å². The second kappa shape index (κ2) is 7.64. The van der Waals surface area contributed by atoms with Gasteiger partial charge in [-0.2, -0.15) is 0 Å². The minimum atomic E-state index is -0.152. The number of carbonyl (C=O) groups excluding carboxylic acids is 2. The van der Waals surface area contributed by atoms with E-state index < -0.39 is 0 Å². The van der Waals surface area contributed by atoms with Gasteiger partial charge < -0.3 is 15.0 Å². The Labute approximate surface area is 130 Å². The number of hydrogen-bond donors (Lipinski definition) is 1. The molecule has 1 saturated heterocycles. The van der Waals surface area contributed by atoms with Crippen LogP contribution in [0.5, 0.6) is 5.75 Å². The Balaban J connectivity index is 1.84. The molecule has 0 unspecified atom stereocenters. The van der Waals surface area contributed by atoms with Crippen LogP contribution in [0.2, 0.25) is 0 Å². The van der Waals surface area contributed by atoms with Crippen molar-refractivity contribution in [1.82, 2.24) is 10.2 Å². The summed E-state index contributed by atoms with van der Waals surface area (Å²) in [6, 6.07) is 7.69. The molecule has 1 aromatic rings. The van der Waals surface area contributed by atoms with Crippen molar-refractivity contribution in [3.63, 3.8) is 0 Å². The molecule has 5 nitrogen and oxygen atoms in total. The fourth-order valence-corrected chi connectivity index (χ4v) is 2.60. The maximum Gasteiger partial charge on any atom is 0.243 e. The van der Waals surface area contributed by atoms with Crippen LogP contribution in [0.25, 0.3) is 0 Å². The lowest BCUT2D eigenvalue weighted by molar-refractivity contribution is -0.131. The van der Waals surface area contributed by atoms with E-state index in [1.54, 1.807) is 7.11 Å². The lowest BCUT2D eigenvalue weighted by atomic mass is 10.0. The van der Waals surface area contributed by atoms with Crippen LogP contribution in [0.1, 0.15) is 18.4 Å². The van der Waals surface area contributed by atoms with E-state index in [0.29, 0.717) is 19.5 Å². The first-order valence-corrected chi connectivity index (χ1v) is 7.46. The Morgan fingerprint density at radius 3 is 2.77 bits per heavy atom. The van der Waals surface area contributed by atoms with Crippen LogP contribution in [-0.4, -0.2) is 43.0 Å². The summed E-state index contributed by atoms with van der Waals surface area (Å²) in [4.78, 5) is 25.5. The highest BCUT2D eigenvalue weighted by molar-refractivity contribution is 5.87. The van der Waals surface area contributed by atoms with E-state index >= 15 is 0 Å². The summed E-state index contributed by atoms with van der Waals surface area (Å²) in [7, 11) is 1.61. The molecule has 2 rings (SSSR count). The molecule has 0 atom stereocenters. The number of piperidine rings is 1. The molecule has 1 fully saturated rings. The van der Waals surface area contributed by atoms with Crippen LogP contribution in [0.3, 0.4) is 0 Å². The van der Waals surface area contributed by atoms with E-state index in [9.17, 15) is 9.59 Å². The zero-order valence-electron chi connectivity index (χ0n) is 12.9. The summed E-state index contributed by atoms with van der Waals surface area (Å²) in [5.74, 6) is 0.721. The molecule has 1 heterocycles. The first-order valence-electron chi connectivity index (χ1n) is 7.46. The Morgan fingerprint density at radius 1 is 1.41 bits per heavy atom. The van der Waals surface area contributed by atoms with Crippen LogP contribution < -0.4 is 10.1 Å². The number of nitrogens with zero attached hydrogens (tertiary/aromatic N) is 1. The molecule has 1 aliphatic rings. The molecule has 1 aromatic carbocycles. The molecule has 1 N–H and O–H groups in total. The SMILES string of the molecule is C=CC(=O)NC1CCN(C(=O)Cc2cccc(OC)c2)CC1. The monoisotopic (exact) mass is 302 g/mol. The van der Waals surface area contributed by atoms with Crippen molar-refractivity contribution in [3.8, 4) is 5.75 Å². The van der Waals surface area contributed by atoms with E-state index in [-0.39, 0.29) is 17.9 Å². The van der Waals surface area contributed by atoms with Gasteiger partial charge in [-0.15, -0.1) is 0 Å². The minimum absolute atomic E-state index is 0.113. The molecule has 0 bridgehead atoms. The Bertz CT molecular complexity index is 549. The average molecular weight is 302 g/mol. The molecule has 0 aliphatic carbocycles. The zero-order valence-corrected chi connectivity index (χ0v) is 12.9. The normalized spacial score (nSPS) is 15.2. The van der Waals surface area contributed by atoms with Crippen molar-refractivity contribution < 1.29 is 14.3 Å². The summed E-state index contributed by atoms with van der Waals surface area (Å²) in [6.07, 6.45) is 3.22. The quantitative estimate of drug-likeness (QED) is 0.839. The maximum absolute atomic E-state index is 12.3. The van der Waals surface area contributed by atoms with Gasteiger partial charge in [0.15, 0.2) is 0 Å². The highest BCUT2D eigenvalue weighted by atomic mass is 16.5. The summed E-state index contributed by atoms with van der Waals surface area (Å²) in [5.41, 5.74) is 0.950. The van der Waals surface area contributed by atoms with Crippen LogP contribution in [0, 0.1) is 0 Å². The lowest BCUT2D eigenvalue weighted by Crippen LogP contribution is -2.46. The number of benzene rings is 1. The Kier molecular flexibility index (Phi) is 5.58. The van der Waals surface area contributed by atoms with Crippen molar-refractivity contribution in [2.75, 3.05) is 20.2 Å². The average Bonchev–Trinajstić information content (AvgIpc) is 2.55. The third kappa shape index (κ3) is 4.35. The summed E-state index contributed by atoms with van der Waals surface area (Å²) in [6.45, 7) is 4.79. The number of likely N-dealkylation sites (tertiary alicyclic amines) is 1. The number of carbonyl (C=O) groups is 2. The molecular weight excluding hydrogens is 280 g/mol. The largest absolute Gasteiger partial charge is 0.497 e. The smallest absolute Gasteiger partial charge is 0.243 e. The van der Waals surface area contributed by atoms with E-state index in [0.717, 1.165) is 24.2 Å². The highest BCUT2D eigenvalue weighted by Gasteiger charge is 2.23. The molecule has 0 radical (unpaired) electrons. The maximum atomic E-state index is 12.3. The fourth-order valence-electron chi connectivity index (χ4n) is 2.60. The molecule has 22 heavy (non-hydrogen) atoms. The first-order chi connectivity index (χ1) is 10.6. The summed E-state index contributed by atoms with van der Waals surface area (Å²) in [5, 5.41) is 2.88. The number of amides is 2. The van der Waals surface area contributed by atoms with Gasteiger partial charge >= 0.3 is 0 Å². The van der Waals surface area contributed by atoms with Crippen molar-refractivity contribution in [2.24, 2.45) is 0 Å². The van der Waals surface area contributed by atoms with E-state index in [1.807, 2.05) is 29.2 Å². The van der Waals surface area contributed by atoms with Gasteiger partial charge in [-0.1, -0.05) is 18.7 Å². The first kappa shape index (κ1) is 16.1. The third-order valence-electron chi connectivity index (χ3n) is 3.87. The summed E-state index contributed by atoms with van der Waals surface area (Å²) >= 11 is 0. The Morgan fingerprint density at radius 2 is 2.14 bits per heavy atom. The molecule has 0 aromatic heterocycles. The van der Waals surface area contributed by atoms with E-state index in [1.165, 1.54) is 6.08 Å². The molecule has 0 spiro atoms. The molecule has 118 valence electrons. The van der Waals surface area contributed by atoms with Crippen LogP contribution >= 0.6 is 0 Å². The number of rotatable bonds is 5. The van der Waals surface area contributed by atoms with Gasteiger partial charge in [0.2, 0.25) is 11.8 Å². The van der Waals surface area contributed by atoms with Crippen molar-refractivity contribution in [3.05, 3.63) is 42.5 Å². The van der Waals surface area contributed by atoms with Gasteiger partial charge in [0.25, 0.3) is 0 Å². The van der Waals surface area contributed by atoms with E-state index in [4.69, 9.17) is 4.74 Å². The van der Waals surface area contributed by atoms with Gasteiger partial charge in [-0.25, -0.2) is 0 Å². The molecule has 0 saturated carbocycles. The number of nitrogens with one attached hydrogen (secondary N) is 1. The van der Waals surface area contributed by atoms with E-state index in [2.05, 4.69) is 11.9 Å². The molecule has 2 amide bonds. The van der Waals surface area contributed by atoms with Gasteiger partial charge in [0, 0.05) is 19.1 Å².